The SMILES string of the molecule is CN=C(NCc1ccc(Br)cc1F)NCC(C)(C)OC.I. The lowest BCUT2D eigenvalue weighted by molar-refractivity contribution is 0.0268. The molecule has 0 saturated heterocycles. The fourth-order valence-corrected chi connectivity index (χ4v) is 1.77. The summed E-state index contributed by atoms with van der Waals surface area (Å²) < 4.78 is 19.7. The number of rotatable bonds is 5. The van der Waals surface area contributed by atoms with Crippen LogP contribution in [0.15, 0.2) is 27.7 Å². The first-order valence-corrected chi connectivity index (χ1v) is 7.11. The number of nitrogens with zero attached hydrogens (tertiary/aromatic N) is 1. The zero-order valence-corrected chi connectivity index (χ0v) is 16.6. The molecular weight excluding hydrogens is 452 g/mol. The molecule has 0 unspecified atom stereocenters. The zero-order chi connectivity index (χ0) is 15.2. The van der Waals surface area contributed by atoms with Crippen LogP contribution >= 0.6 is 39.9 Å². The lowest BCUT2D eigenvalue weighted by Crippen LogP contribution is -2.45. The van der Waals surface area contributed by atoms with Crippen molar-refractivity contribution in [2.45, 2.75) is 26.0 Å². The second kappa shape index (κ2) is 9.58. The average Bonchev–Trinajstić information content (AvgIpc) is 2.41. The molecular formula is C14H22BrFIN3O. The molecule has 0 fully saturated rings. The molecule has 0 bridgehead atoms. The van der Waals surface area contributed by atoms with E-state index in [1.165, 1.54) is 6.07 Å². The standard InChI is InChI=1S/C14H21BrFN3O.HI/c1-14(2,20-4)9-19-13(17-3)18-8-10-5-6-11(15)7-12(10)16;/h5-7H,8-9H2,1-4H3,(H2,17,18,19);1H. The van der Waals surface area contributed by atoms with E-state index in [4.69, 9.17) is 4.74 Å². The van der Waals surface area contributed by atoms with Gasteiger partial charge in [0.05, 0.1) is 5.60 Å². The smallest absolute Gasteiger partial charge is 0.191 e. The Morgan fingerprint density at radius 3 is 2.57 bits per heavy atom. The number of guanidine groups is 1. The number of aliphatic imine (C=N–C) groups is 1. The van der Waals surface area contributed by atoms with Crippen molar-refractivity contribution in [1.82, 2.24) is 10.6 Å². The molecule has 1 rings (SSSR count). The Kier molecular flexibility index (Phi) is 9.39. The van der Waals surface area contributed by atoms with E-state index in [0.29, 0.717) is 24.6 Å². The number of ether oxygens (including phenoxy) is 1. The molecule has 0 amide bonds. The highest BCUT2D eigenvalue weighted by molar-refractivity contribution is 14.0. The molecule has 120 valence electrons. The van der Waals surface area contributed by atoms with E-state index in [-0.39, 0.29) is 35.4 Å². The van der Waals surface area contributed by atoms with Crippen LogP contribution in [-0.2, 0) is 11.3 Å². The number of methoxy groups -OCH3 is 1. The monoisotopic (exact) mass is 473 g/mol. The summed E-state index contributed by atoms with van der Waals surface area (Å²) >= 11 is 3.23. The van der Waals surface area contributed by atoms with E-state index in [2.05, 4.69) is 31.6 Å². The van der Waals surface area contributed by atoms with Crippen LogP contribution < -0.4 is 10.6 Å². The fraction of sp³-hybridized carbons (Fsp3) is 0.500. The minimum Gasteiger partial charge on any atom is -0.377 e. The molecule has 0 aliphatic heterocycles. The van der Waals surface area contributed by atoms with Crippen molar-refractivity contribution < 1.29 is 9.13 Å². The van der Waals surface area contributed by atoms with Crippen LogP contribution in [0.5, 0.6) is 0 Å². The first-order valence-electron chi connectivity index (χ1n) is 6.31. The Hall–Kier alpha value is -0.410. The van der Waals surface area contributed by atoms with Crippen LogP contribution in [0.25, 0.3) is 0 Å². The summed E-state index contributed by atoms with van der Waals surface area (Å²) in [4.78, 5) is 4.09. The zero-order valence-electron chi connectivity index (χ0n) is 12.7. The molecule has 0 aliphatic rings. The van der Waals surface area contributed by atoms with E-state index in [1.807, 2.05) is 19.9 Å². The number of hydrogen-bond donors (Lipinski definition) is 2. The lowest BCUT2D eigenvalue weighted by atomic mass is 10.1. The summed E-state index contributed by atoms with van der Waals surface area (Å²) in [5.41, 5.74) is 0.294. The van der Waals surface area contributed by atoms with Crippen molar-refractivity contribution >= 4 is 45.9 Å². The van der Waals surface area contributed by atoms with Crippen molar-refractivity contribution in [2.75, 3.05) is 20.7 Å². The summed E-state index contributed by atoms with van der Waals surface area (Å²) in [5, 5.41) is 6.21. The second-order valence-corrected chi connectivity index (χ2v) is 5.89. The first-order chi connectivity index (χ1) is 9.38. The van der Waals surface area contributed by atoms with Gasteiger partial charge in [0.1, 0.15) is 5.82 Å². The summed E-state index contributed by atoms with van der Waals surface area (Å²) in [6.07, 6.45) is 0. The van der Waals surface area contributed by atoms with E-state index in [9.17, 15) is 4.39 Å². The highest BCUT2D eigenvalue weighted by atomic mass is 127. The molecule has 0 radical (unpaired) electrons. The van der Waals surface area contributed by atoms with Crippen LogP contribution in [0, 0.1) is 5.82 Å². The number of halogens is 3. The minimum atomic E-state index is -0.291. The van der Waals surface area contributed by atoms with Crippen molar-refractivity contribution in [3.63, 3.8) is 0 Å². The maximum absolute atomic E-state index is 13.7. The van der Waals surface area contributed by atoms with Gasteiger partial charge >= 0.3 is 0 Å². The van der Waals surface area contributed by atoms with E-state index in [0.717, 1.165) is 4.47 Å². The van der Waals surface area contributed by atoms with Gasteiger partial charge < -0.3 is 15.4 Å². The Balaban J connectivity index is 0.00000400. The first kappa shape index (κ1) is 20.6. The topological polar surface area (TPSA) is 45.7 Å². The molecule has 0 aliphatic carbocycles. The fourth-order valence-electron chi connectivity index (χ4n) is 1.43. The lowest BCUT2D eigenvalue weighted by Gasteiger charge is -2.24. The van der Waals surface area contributed by atoms with Gasteiger partial charge in [-0.2, -0.15) is 0 Å². The van der Waals surface area contributed by atoms with Crippen molar-refractivity contribution in [1.29, 1.82) is 0 Å². The van der Waals surface area contributed by atoms with Crippen LogP contribution in [0.1, 0.15) is 19.4 Å². The molecule has 1 aromatic carbocycles. The summed E-state index contributed by atoms with van der Waals surface area (Å²) in [7, 11) is 3.34. The van der Waals surface area contributed by atoms with Gasteiger partial charge in [0, 0.05) is 37.3 Å². The Morgan fingerprint density at radius 2 is 2.05 bits per heavy atom. The van der Waals surface area contributed by atoms with Gasteiger partial charge in [-0.15, -0.1) is 24.0 Å². The Labute approximate surface area is 151 Å². The Bertz CT molecular complexity index is 483. The van der Waals surface area contributed by atoms with Gasteiger partial charge in [0.2, 0.25) is 0 Å². The van der Waals surface area contributed by atoms with Gasteiger partial charge in [0.15, 0.2) is 5.96 Å². The summed E-state index contributed by atoms with van der Waals surface area (Å²) in [5.74, 6) is 0.358. The predicted molar refractivity (Wildman–Crippen MR) is 98.8 cm³/mol. The van der Waals surface area contributed by atoms with Gasteiger partial charge in [-0.25, -0.2) is 4.39 Å². The van der Waals surface area contributed by atoms with Crippen LogP contribution in [0.3, 0.4) is 0 Å². The van der Waals surface area contributed by atoms with Crippen molar-refractivity contribution in [3.8, 4) is 0 Å². The number of benzene rings is 1. The van der Waals surface area contributed by atoms with Gasteiger partial charge in [0.25, 0.3) is 0 Å². The predicted octanol–water partition coefficient (Wildman–Crippen LogP) is 3.30. The van der Waals surface area contributed by atoms with Crippen LogP contribution in [0.4, 0.5) is 4.39 Å². The molecule has 4 nitrogen and oxygen atoms in total. The molecule has 0 aromatic heterocycles. The third-order valence-corrected chi connectivity index (χ3v) is 3.41. The molecule has 7 heteroatoms. The second-order valence-electron chi connectivity index (χ2n) is 4.98. The quantitative estimate of drug-likeness (QED) is 0.392. The number of hydrogen-bond acceptors (Lipinski definition) is 2. The van der Waals surface area contributed by atoms with Crippen molar-refractivity contribution in [3.05, 3.63) is 34.1 Å². The highest BCUT2D eigenvalue weighted by Crippen LogP contribution is 2.15. The maximum Gasteiger partial charge on any atom is 0.191 e. The largest absolute Gasteiger partial charge is 0.377 e. The van der Waals surface area contributed by atoms with Crippen LogP contribution in [-0.4, -0.2) is 32.3 Å². The van der Waals surface area contributed by atoms with Gasteiger partial charge in [-0.1, -0.05) is 22.0 Å². The Morgan fingerprint density at radius 1 is 1.38 bits per heavy atom. The summed E-state index contributed by atoms with van der Waals surface area (Å²) in [6.45, 7) is 4.92. The minimum absolute atomic E-state index is 0. The molecule has 0 heterocycles. The average molecular weight is 474 g/mol. The van der Waals surface area contributed by atoms with Gasteiger partial charge in [-0.05, 0) is 26.0 Å². The van der Waals surface area contributed by atoms with E-state index in [1.54, 1.807) is 20.2 Å². The molecule has 1 aromatic rings. The molecule has 2 N–H and O–H groups in total. The van der Waals surface area contributed by atoms with Gasteiger partial charge in [-0.3, -0.25) is 4.99 Å². The maximum atomic E-state index is 13.7. The van der Waals surface area contributed by atoms with E-state index >= 15 is 0 Å². The molecule has 21 heavy (non-hydrogen) atoms. The van der Waals surface area contributed by atoms with E-state index < -0.39 is 0 Å². The van der Waals surface area contributed by atoms with Crippen LogP contribution in [0.2, 0.25) is 0 Å². The highest BCUT2D eigenvalue weighted by Gasteiger charge is 2.16. The summed E-state index contributed by atoms with van der Waals surface area (Å²) in [6, 6.07) is 4.99. The molecule has 0 spiro atoms. The third kappa shape index (κ3) is 7.42. The third-order valence-electron chi connectivity index (χ3n) is 2.92. The molecule has 0 atom stereocenters. The molecule has 0 saturated carbocycles. The van der Waals surface area contributed by atoms with Crippen molar-refractivity contribution in [2.24, 2.45) is 4.99 Å². The number of nitrogens with one attached hydrogen (secondary N) is 2. The normalized spacial score (nSPS) is 11.8.